The van der Waals surface area contributed by atoms with Crippen LogP contribution in [0.3, 0.4) is 0 Å². The Morgan fingerprint density at radius 1 is 1.64 bits per heavy atom. The largest absolute Gasteiger partial charge is 0.481 e. The van der Waals surface area contributed by atoms with Crippen LogP contribution in [0.25, 0.3) is 0 Å². The molecule has 1 aliphatic heterocycles. The first-order valence-electron chi connectivity index (χ1n) is 4.72. The number of aromatic nitrogens is 1. The number of morpholine rings is 1. The topological polar surface area (TPSA) is 43.4 Å². The molecular formula is C10H14N2O2. The Bertz CT molecular complexity index is 298. The summed E-state index contributed by atoms with van der Waals surface area (Å²) in [6, 6.07) is 3.87. The van der Waals surface area contributed by atoms with Crippen LogP contribution < -0.4 is 10.1 Å². The first kappa shape index (κ1) is 9.43. The van der Waals surface area contributed by atoms with E-state index in [9.17, 15) is 0 Å². The minimum absolute atomic E-state index is 0.126. The van der Waals surface area contributed by atoms with Crippen molar-refractivity contribution in [3.63, 3.8) is 0 Å². The highest BCUT2D eigenvalue weighted by atomic mass is 16.5. The van der Waals surface area contributed by atoms with E-state index in [1.54, 1.807) is 13.3 Å². The third-order valence-corrected chi connectivity index (χ3v) is 2.27. The molecule has 0 amide bonds. The van der Waals surface area contributed by atoms with Crippen molar-refractivity contribution in [3.05, 3.63) is 23.9 Å². The molecule has 2 rings (SSSR count). The number of hydrogen-bond acceptors (Lipinski definition) is 4. The molecule has 0 bridgehead atoms. The molecule has 1 aromatic heterocycles. The van der Waals surface area contributed by atoms with Crippen molar-refractivity contribution in [1.29, 1.82) is 0 Å². The summed E-state index contributed by atoms with van der Waals surface area (Å²) < 4.78 is 10.7. The summed E-state index contributed by atoms with van der Waals surface area (Å²) in [6.45, 7) is 2.54. The molecule has 4 nitrogen and oxygen atoms in total. The first-order valence-corrected chi connectivity index (χ1v) is 4.72. The van der Waals surface area contributed by atoms with Gasteiger partial charge in [-0.15, -0.1) is 0 Å². The summed E-state index contributed by atoms with van der Waals surface area (Å²) in [6.07, 6.45) is 1.87. The Morgan fingerprint density at radius 2 is 2.57 bits per heavy atom. The fourth-order valence-electron chi connectivity index (χ4n) is 1.52. The van der Waals surface area contributed by atoms with Crippen molar-refractivity contribution in [2.45, 2.75) is 6.10 Å². The quantitative estimate of drug-likeness (QED) is 0.754. The minimum Gasteiger partial charge on any atom is -0.481 e. The van der Waals surface area contributed by atoms with Gasteiger partial charge in [0.15, 0.2) is 0 Å². The smallest absolute Gasteiger partial charge is 0.213 e. The van der Waals surface area contributed by atoms with E-state index in [1.807, 2.05) is 12.1 Å². The summed E-state index contributed by atoms with van der Waals surface area (Å²) in [5.41, 5.74) is 1.11. The highest BCUT2D eigenvalue weighted by Gasteiger charge is 2.15. The van der Waals surface area contributed by atoms with E-state index in [0.29, 0.717) is 5.88 Å². The van der Waals surface area contributed by atoms with Gasteiger partial charge >= 0.3 is 0 Å². The Hall–Kier alpha value is -1.13. The average molecular weight is 194 g/mol. The Morgan fingerprint density at radius 3 is 3.29 bits per heavy atom. The van der Waals surface area contributed by atoms with Gasteiger partial charge in [0.2, 0.25) is 5.88 Å². The number of nitrogens with one attached hydrogen (secondary N) is 1. The molecule has 0 spiro atoms. The van der Waals surface area contributed by atoms with Crippen LogP contribution in [0.15, 0.2) is 18.3 Å². The van der Waals surface area contributed by atoms with Crippen molar-refractivity contribution in [2.75, 3.05) is 26.8 Å². The molecule has 76 valence electrons. The molecule has 0 aromatic carbocycles. The molecule has 4 heteroatoms. The minimum atomic E-state index is 0.126. The lowest BCUT2D eigenvalue weighted by atomic mass is 10.1. The van der Waals surface area contributed by atoms with Crippen LogP contribution in [-0.2, 0) is 4.74 Å². The Kier molecular flexibility index (Phi) is 2.96. The zero-order valence-corrected chi connectivity index (χ0v) is 8.19. The second-order valence-corrected chi connectivity index (χ2v) is 3.20. The van der Waals surface area contributed by atoms with Gasteiger partial charge in [0.25, 0.3) is 0 Å². The number of nitrogens with zero attached hydrogens (tertiary/aromatic N) is 1. The van der Waals surface area contributed by atoms with E-state index in [4.69, 9.17) is 9.47 Å². The van der Waals surface area contributed by atoms with E-state index >= 15 is 0 Å². The average Bonchev–Trinajstić information content (AvgIpc) is 2.30. The van der Waals surface area contributed by atoms with E-state index in [-0.39, 0.29) is 6.10 Å². The van der Waals surface area contributed by atoms with E-state index < -0.39 is 0 Å². The summed E-state index contributed by atoms with van der Waals surface area (Å²) in [7, 11) is 1.62. The molecule has 1 saturated heterocycles. The highest BCUT2D eigenvalue weighted by molar-refractivity contribution is 5.23. The zero-order chi connectivity index (χ0) is 9.80. The third-order valence-electron chi connectivity index (χ3n) is 2.27. The summed E-state index contributed by atoms with van der Waals surface area (Å²) in [5, 5.41) is 3.28. The number of hydrogen-bond donors (Lipinski definition) is 1. The van der Waals surface area contributed by atoms with Gasteiger partial charge in [0, 0.05) is 25.4 Å². The predicted octanol–water partition coefficient (Wildman–Crippen LogP) is 0.751. The van der Waals surface area contributed by atoms with Crippen LogP contribution >= 0.6 is 0 Å². The number of pyridine rings is 1. The third kappa shape index (κ3) is 2.02. The van der Waals surface area contributed by atoms with Crippen molar-refractivity contribution in [1.82, 2.24) is 10.3 Å². The fraction of sp³-hybridized carbons (Fsp3) is 0.500. The number of ether oxygens (including phenoxy) is 2. The van der Waals surface area contributed by atoms with Gasteiger partial charge in [0.05, 0.1) is 19.8 Å². The SMILES string of the molecule is COc1cc(C2CNCCO2)ccn1. The highest BCUT2D eigenvalue weighted by Crippen LogP contribution is 2.20. The van der Waals surface area contributed by atoms with E-state index in [0.717, 1.165) is 25.3 Å². The number of methoxy groups -OCH3 is 1. The standard InChI is InChI=1S/C10H14N2O2/c1-13-10-6-8(2-3-12-10)9-7-11-4-5-14-9/h2-3,6,9,11H,4-5,7H2,1H3. The molecule has 1 unspecified atom stereocenters. The fourth-order valence-corrected chi connectivity index (χ4v) is 1.52. The second-order valence-electron chi connectivity index (χ2n) is 3.20. The molecule has 1 fully saturated rings. The number of rotatable bonds is 2. The molecule has 0 saturated carbocycles. The molecule has 14 heavy (non-hydrogen) atoms. The van der Waals surface area contributed by atoms with Crippen LogP contribution in [0, 0.1) is 0 Å². The van der Waals surface area contributed by atoms with Crippen molar-refractivity contribution in [3.8, 4) is 5.88 Å². The van der Waals surface area contributed by atoms with Gasteiger partial charge in [0.1, 0.15) is 0 Å². The predicted molar refractivity (Wildman–Crippen MR) is 52.4 cm³/mol. The van der Waals surface area contributed by atoms with Crippen LogP contribution in [0.1, 0.15) is 11.7 Å². The van der Waals surface area contributed by atoms with E-state index in [1.165, 1.54) is 0 Å². The van der Waals surface area contributed by atoms with Gasteiger partial charge in [-0.2, -0.15) is 0 Å². The maximum absolute atomic E-state index is 5.62. The summed E-state index contributed by atoms with van der Waals surface area (Å²) in [5.74, 6) is 0.636. The van der Waals surface area contributed by atoms with Gasteiger partial charge in [-0.3, -0.25) is 0 Å². The Balaban J connectivity index is 2.13. The lowest BCUT2D eigenvalue weighted by molar-refractivity contribution is 0.0275. The first-order chi connectivity index (χ1) is 6.90. The molecule has 1 N–H and O–H groups in total. The lowest BCUT2D eigenvalue weighted by Crippen LogP contribution is -2.33. The molecule has 1 aliphatic rings. The van der Waals surface area contributed by atoms with Crippen molar-refractivity contribution in [2.24, 2.45) is 0 Å². The second kappa shape index (κ2) is 4.39. The maximum atomic E-state index is 5.62. The van der Waals surface area contributed by atoms with Crippen molar-refractivity contribution < 1.29 is 9.47 Å². The van der Waals surface area contributed by atoms with Gasteiger partial charge in [-0.25, -0.2) is 4.98 Å². The zero-order valence-electron chi connectivity index (χ0n) is 8.19. The van der Waals surface area contributed by atoms with Crippen molar-refractivity contribution >= 4 is 0 Å². The van der Waals surface area contributed by atoms with Crippen LogP contribution in [0.5, 0.6) is 5.88 Å². The van der Waals surface area contributed by atoms with Crippen LogP contribution in [0.2, 0.25) is 0 Å². The molecule has 2 heterocycles. The lowest BCUT2D eigenvalue weighted by Gasteiger charge is -2.23. The normalized spacial score (nSPS) is 21.9. The Labute approximate surface area is 83.2 Å². The molecule has 0 aliphatic carbocycles. The summed E-state index contributed by atoms with van der Waals surface area (Å²) >= 11 is 0. The summed E-state index contributed by atoms with van der Waals surface area (Å²) in [4.78, 5) is 4.05. The van der Waals surface area contributed by atoms with Gasteiger partial charge in [-0.1, -0.05) is 0 Å². The molecule has 1 aromatic rings. The monoisotopic (exact) mass is 194 g/mol. The molecule has 0 radical (unpaired) electrons. The van der Waals surface area contributed by atoms with Crippen LogP contribution in [-0.4, -0.2) is 31.8 Å². The van der Waals surface area contributed by atoms with E-state index in [2.05, 4.69) is 10.3 Å². The van der Waals surface area contributed by atoms with Gasteiger partial charge < -0.3 is 14.8 Å². The van der Waals surface area contributed by atoms with Gasteiger partial charge in [-0.05, 0) is 11.6 Å². The maximum Gasteiger partial charge on any atom is 0.213 e. The van der Waals surface area contributed by atoms with Crippen LogP contribution in [0.4, 0.5) is 0 Å². The molecule has 1 atom stereocenters. The molecular weight excluding hydrogens is 180 g/mol.